The summed E-state index contributed by atoms with van der Waals surface area (Å²) in [4.78, 5) is 143. The molecule has 4 N–H and O–H groups in total. The molecule has 1 aromatic heterocycles. The number of carbonyl (C=O) groups excluding carboxylic acids is 9. The predicted molar refractivity (Wildman–Crippen MR) is 273 cm³/mol. The minimum absolute atomic E-state index is 0.00804. The molecule has 0 unspecified atom stereocenters. The number of ether oxygens (including phenoxy) is 7. The fourth-order valence-electron chi connectivity index (χ4n) is 11.6. The number of hydrogen-bond donors (Lipinski definition) is 4. The van der Waals surface area contributed by atoms with Crippen LogP contribution in [0.25, 0.3) is 0 Å². The molecule has 12 atom stereocenters. The number of pyridine rings is 1. The number of ketones is 1. The van der Waals surface area contributed by atoms with E-state index >= 15 is 9.59 Å². The molecule has 2 bridgehead atoms. The number of carbonyl (C=O) groups is 10. The van der Waals surface area contributed by atoms with E-state index in [1.807, 2.05) is 0 Å². The predicted octanol–water partition coefficient (Wildman–Crippen LogP) is 4.40. The number of fused-ring (bicyclic) bond motifs is 5. The maximum Gasteiger partial charge on any atom is 0.350 e. The molecule has 0 radical (unpaired) electrons. The van der Waals surface area contributed by atoms with Gasteiger partial charge in [0, 0.05) is 57.6 Å². The van der Waals surface area contributed by atoms with E-state index in [4.69, 9.17) is 33.2 Å². The summed E-state index contributed by atoms with van der Waals surface area (Å²) in [5.74, 6) is -11.7. The Labute approximate surface area is 455 Å². The Morgan fingerprint density at radius 1 is 0.810 bits per heavy atom. The highest BCUT2D eigenvalue weighted by Gasteiger charge is 2.79. The van der Waals surface area contributed by atoms with Crippen LogP contribution in [0.1, 0.15) is 126 Å². The zero-order valence-electron chi connectivity index (χ0n) is 45.0. The Balaban J connectivity index is 1.41. The molecule has 0 spiro atoms. The summed E-state index contributed by atoms with van der Waals surface area (Å²) in [6.45, 7) is 10.6. The molecule has 422 valence electrons. The van der Waals surface area contributed by atoms with E-state index in [1.165, 1.54) is 84.1 Å². The van der Waals surface area contributed by atoms with Gasteiger partial charge in [0.05, 0.1) is 23.5 Å². The number of aliphatic hydroxyl groups is 1. The van der Waals surface area contributed by atoms with Gasteiger partial charge in [-0.1, -0.05) is 82.3 Å². The summed E-state index contributed by atoms with van der Waals surface area (Å²) in [6.07, 6.45) is -11.4. The largest absolute Gasteiger partial charge is 0.481 e. The lowest BCUT2D eigenvalue weighted by molar-refractivity contribution is -0.346. The lowest BCUT2D eigenvalue weighted by atomic mass is 9.44. The van der Waals surface area contributed by atoms with Crippen molar-refractivity contribution >= 4 is 59.4 Å². The fraction of sp³-hybridized carbons (Fsp3) is 0.491. The van der Waals surface area contributed by atoms with Crippen LogP contribution in [0.5, 0.6) is 0 Å². The van der Waals surface area contributed by atoms with Crippen molar-refractivity contribution in [2.75, 3.05) is 6.61 Å². The summed E-state index contributed by atoms with van der Waals surface area (Å²) in [5, 5.41) is 28.9. The van der Waals surface area contributed by atoms with Gasteiger partial charge in [-0.25, -0.2) is 9.59 Å². The Bertz CT molecular complexity index is 2900. The zero-order chi connectivity index (χ0) is 57.8. The Morgan fingerprint density at radius 2 is 1.46 bits per heavy atom. The van der Waals surface area contributed by atoms with Crippen molar-refractivity contribution in [2.45, 2.75) is 154 Å². The third kappa shape index (κ3) is 11.5. The molecule has 3 aromatic rings. The third-order valence-corrected chi connectivity index (χ3v) is 15.7. The third-order valence-electron chi connectivity index (χ3n) is 15.7. The van der Waals surface area contributed by atoms with E-state index in [9.17, 15) is 48.6 Å². The number of aliphatic carboxylic acids is 1. The van der Waals surface area contributed by atoms with Crippen LogP contribution in [0, 0.1) is 16.7 Å². The molecule has 1 aliphatic heterocycles. The molecule has 4 aliphatic rings. The van der Waals surface area contributed by atoms with Gasteiger partial charge in [0.2, 0.25) is 12.0 Å². The number of esters is 6. The van der Waals surface area contributed by atoms with E-state index < -0.39 is 162 Å². The molecule has 22 nitrogen and oxygen atoms in total. The fourth-order valence-corrected chi connectivity index (χ4v) is 11.6. The second kappa shape index (κ2) is 23.6. The van der Waals surface area contributed by atoms with Gasteiger partial charge < -0.3 is 54.0 Å². The number of Topliss-reactive ketones (excluding diaryl/α,β-unsaturated/α-hetero) is 1. The van der Waals surface area contributed by atoms with Crippen LogP contribution in [-0.4, -0.2) is 135 Å². The van der Waals surface area contributed by atoms with Gasteiger partial charge in [-0.15, -0.1) is 0 Å². The number of hydrogen-bond acceptors (Lipinski definition) is 19. The highest BCUT2D eigenvalue weighted by atomic mass is 16.6. The first kappa shape index (κ1) is 58.8. The van der Waals surface area contributed by atoms with E-state index in [0.29, 0.717) is 0 Å². The van der Waals surface area contributed by atoms with Crippen molar-refractivity contribution < 1.29 is 91.3 Å². The van der Waals surface area contributed by atoms with Crippen molar-refractivity contribution in [2.24, 2.45) is 16.7 Å². The summed E-state index contributed by atoms with van der Waals surface area (Å²) in [7, 11) is 0. The number of nitrogens with one attached hydrogen (secondary N) is 2. The van der Waals surface area contributed by atoms with Gasteiger partial charge in [-0.2, -0.15) is 0 Å². The number of rotatable bonds is 19. The first-order chi connectivity index (χ1) is 37.3. The van der Waals surface area contributed by atoms with Gasteiger partial charge >= 0.3 is 41.8 Å². The zero-order valence-corrected chi connectivity index (χ0v) is 45.0. The van der Waals surface area contributed by atoms with Crippen LogP contribution >= 0.6 is 0 Å². The number of aromatic nitrogens is 1. The minimum atomic E-state index is -2.57. The molecule has 79 heavy (non-hydrogen) atoms. The van der Waals surface area contributed by atoms with Crippen molar-refractivity contribution in [3.05, 3.63) is 113 Å². The lowest BCUT2D eigenvalue weighted by Crippen LogP contribution is -2.82. The SMILES string of the molecule is CCC(=O)O[C@H]1C[C@H]2OC[C@@]2(OC(C)=O)[C@H]2[C@H](OC(=O)c3ccccc3)[C@]3(O)C[C@H](OC(=O)[C@H](OC(=O)CC)[C@@H](NC(=O)[C@@H](CCC(=O)O)NC(=O)c4ccccn4)c4ccccc4)C(C)=C([C@@H](OC(C)=O)C(=O)[C@]12C)C3(C)C. The monoisotopic (exact) mass is 1100 g/mol. The number of carboxylic acid groups (broad SMARTS) is 1. The normalized spacial score (nSPS) is 27.6. The van der Waals surface area contributed by atoms with Crippen molar-refractivity contribution in [1.29, 1.82) is 0 Å². The van der Waals surface area contributed by atoms with Crippen LogP contribution in [0.4, 0.5) is 0 Å². The summed E-state index contributed by atoms with van der Waals surface area (Å²) >= 11 is 0. The van der Waals surface area contributed by atoms with Gasteiger partial charge in [0.1, 0.15) is 47.8 Å². The number of benzene rings is 2. The highest BCUT2D eigenvalue weighted by Crippen LogP contribution is 2.65. The molecule has 3 aliphatic carbocycles. The highest BCUT2D eigenvalue weighted by molar-refractivity contribution is 5.97. The van der Waals surface area contributed by atoms with Crippen molar-refractivity contribution in [1.82, 2.24) is 15.6 Å². The second-order valence-corrected chi connectivity index (χ2v) is 20.8. The van der Waals surface area contributed by atoms with Crippen LogP contribution in [0.2, 0.25) is 0 Å². The van der Waals surface area contributed by atoms with E-state index in [0.717, 1.165) is 13.8 Å². The van der Waals surface area contributed by atoms with Gasteiger partial charge in [0.15, 0.2) is 17.5 Å². The quantitative estimate of drug-likeness (QED) is 0.0734. The van der Waals surface area contributed by atoms with Crippen LogP contribution in [0.15, 0.2) is 96.2 Å². The first-order valence-corrected chi connectivity index (χ1v) is 25.9. The van der Waals surface area contributed by atoms with Crippen molar-refractivity contribution in [3.8, 4) is 0 Å². The molecular weight excluding hydrogens is 1030 g/mol. The molecule has 1 saturated heterocycles. The van der Waals surface area contributed by atoms with Crippen molar-refractivity contribution in [3.63, 3.8) is 0 Å². The molecule has 3 fully saturated rings. The molecule has 7 rings (SSSR count). The topological polar surface area (TPSA) is 313 Å². The molecule has 2 saturated carbocycles. The smallest absolute Gasteiger partial charge is 0.350 e. The maximum absolute atomic E-state index is 16.2. The molecule has 2 aromatic carbocycles. The number of carboxylic acids is 1. The van der Waals surface area contributed by atoms with Crippen LogP contribution in [0.3, 0.4) is 0 Å². The molecule has 22 heteroatoms. The summed E-state index contributed by atoms with van der Waals surface area (Å²) in [6, 6.07) is 16.6. The number of amides is 2. The number of nitrogens with zero attached hydrogens (tertiary/aromatic N) is 1. The average molecular weight is 1100 g/mol. The van der Waals surface area contributed by atoms with Gasteiger partial charge in [0.25, 0.3) is 5.91 Å². The molecule has 2 amide bonds. The van der Waals surface area contributed by atoms with E-state index in [1.54, 1.807) is 42.5 Å². The van der Waals surface area contributed by atoms with E-state index in [2.05, 4.69) is 15.6 Å². The maximum atomic E-state index is 16.2. The standard InChI is InChI=1S/C57H65N3O19/c1-9-41(65)76-38-27-39-56(29-73-39,79-32(5)62)47-49(78-52(70)34-21-15-12-16-22-34)57(72)28-37(30(3)43(54(57,6)7)45(74-31(4)61)48(67)55(38,47)8)75-53(71)46(77-42(66)10-2)44(33-19-13-11-14-20-33)60-51(69)36(24-25-40(63)64)59-50(68)35-23-17-18-26-58-35/h11-23,26,36-39,44-47,49,72H,9-10,24-25,27-29H2,1-8H3,(H,59,68)(H,60,69)(H,63,64)/t36-,37+,38+,39-,44+,45-,46-,47+,49+,55-,56+,57-/m1/s1. The Kier molecular flexibility index (Phi) is 17.6. The minimum Gasteiger partial charge on any atom is -0.481 e. The van der Waals surface area contributed by atoms with Crippen LogP contribution < -0.4 is 10.6 Å². The van der Waals surface area contributed by atoms with Gasteiger partial charge in [-0.05, 0) is 61.2 Å². The molecular formula is C57H65N3O19. The van der Waals surface area contributed by atoms with Gasteiger partial charge in [-0.3, -0.25) is 43.3 Å². The lowest BCUT2D eigenvalue weighted by Gasteiger charge is -2.67. The summed E-state index contributed by atoms with van der Waals surface area (Å²) in [5.41, 5.74) is -8.48. The van der Waals surface area contributed by atoms with Crippen LogP contribution in [-0.2, 0) is 71.5 Å². The van der Waals surface area contributed by atoms with E-state index in [-0.39, 0.29) is 47.2 Å². The Morgan fingerprint density at radius 3 is 2.03 bits per heavy atom. The first-order valence-electron chi connectivity index (χ1n) is 25.9. The second-order valence-electron chi connectivity index (χ2n) is 20.8. The average Bonchev–Trinajstić information content (AvgIpc) is 3.54. The summed E-state index contributed by atoms with van der Waals surface area (Å²) < 4.78 is 43.0. The Hall–Kier alpha value is -7.85. The molecule has 2 heterocycles.